The van der Waals surface area contributed by atoms with E-state index in [2.05, 4.69) is 54.9 Å². The fourth-order valence-electron chi connectivity index (χ4n) is 4.75. The number of benzene rings is 1. The molecule has 37 heavy (non-hydrogen) atoms. The van der Waals surface area contributed by atoms with E-state index in [4.69, 9.17) is 15.7 Å². The van der Waals surface area contributed by atoms with Gasteiger partial charge in [-0.05, 0) is 66.2 Å². The van der Waals surface area contributed by atoms with Crippen LogP contribution in [0.15, 0.2) is 61.1 Å². The van der Waals surface area contributed by atoms with Crippen molar-refractivity contribution in [3.8, 4) is 11.5 Å². The van der Waals surface area contributed by atoms with E-state index >= 15 is 0 Å². The molecule has 0 saturated carbocycles. The highest BCUT2D eigenvalue weighted by molar-refractivity contribution is 5.69. The lowest BCUT2D eigenvalue weighted by Gasteiger charge is -2.34. The first-order chi connectivity index (χ1) is 18.1. The third kappa shape index (κ3) is 5.12. The summed E-state index contributed by atoms with van der Waals surface area (Å²) in [7, 11) is 2.18. The molecular weight excluding hydrogens is 462 g/mol. The average molecular weight is 492 g/mol. The maximum Gasteiger partial charge on any atom is 0.226 e. The highest BCUT2D eigenvalue weighted by Crippen LogP contribution is 2.30. The average Bonchev–Trinajstić information content (AvgIpc) is 3.36. The minimum absolute atomic E-state index is 0.485. The minimum Gasteiger partial charge on any atom is -0.384 e. The lowest BCUT2D eigenvalue weighted by atomic mass is 10.1. The first-order valence-electron chi connectivity index (χ1n) is 12.5. The van der Waals surface area contributed by atoms with Crippen LogP contribution in [-0.2, 0) is 13.1 Å². The van der Waals surface area contributed by atoms with Crippen molar-refractivity contribution >= 4 is 29.6 Å². The number of likely N-dealkylation sites (N-methyl/N-ethyl adjacent to an activating group) is 1. The first-order valence-corrected chi connectivity index (χ1v) is 12.5. The summed E-state index contributed by atoms with van der Waals surface area (Å²) < 4.78 is 0. The number of pyridine rings is 1. The van der Waals surface area contributed by atoms with Gasteiger partial charge < -0.3 is 20.4 Å². The van der Waals surface area contributed by atoms with Gasteiger partial charge in [0.2, 0.25) is 5.95 Å². The van der Waals surface area contributed by atoms with Crippen molar-refractivity contribution < 1.29 is 0 Å². The smallest absolute Gasteiger partial charge is 0.226 e. The second kappa shape index (κ2) is 9.94. The van der Waals surface area contributed by atoms with Gasteiger partial charge in [-0.1, -0.05) is 12.1 Å². The second-order valence-corrected chi connectivity index (χ2v) is 9.49. The molecule has 0 aliphatic carbocycles. The standard InChI is InChI=1S/C28H29N9/c1-35-12-14-36(15-13-35)24-5-3-21-18-37(19-22(21)17-24)28-32-11-8-25(34-28)27-31-10-7-23(33-27)4-2-20-6-9-30-26(29)16-20/h2-11,16-17H,12-15,18-19H2,1H3,(H2,29,30)/b4-2+. The molecule has 0 amide bonds. The van der Waals surface area contributed by atoms with Crippen LogP contribution in [-0.4, -0.2) is 63.0 Å². The molecule has 9 heteroatoms. The molecule has 1 fully saturated rings. The van der Waals surface area contributed by atoms with E-state index in [-0.39, 0.29) is 0 Å². The summed E-state index contributed by atoms with van der Waals surface area (Å²) in [5.41, 5.74) is 12.2. The summed E-state index contributed by atoms with van der Waals surface area (Å²) >= 11 is 0. The second-order valence-electron chi connectivity index (χ2n) is 9.49. The van der Waals surface area contributed by atoms with Crippen molar-refractivity contribution in [1.82, 2.24) is 29.8 Å². The van der Waals surface area contributed by atoms with Crippen LogP contribution in [0.5, 0.6) is 0 Å². The Kier molecular flexibility index (Phi) is 6.20. The molecule has 6 rings (SSSR count). The number of fused-ring (bicyclic) bond motifs is 1. The zero-order valence-electron chi connectivity index (χ0n) is 20.8. The van der Waals surface area contributed by atoms with Gasteiger partial charge in [0.25, 0.3) is 0 Å². The van der Waals surface area contributed by atoms with Crippen molar-refractivity contribution in [1.29, 1.82) is 0 Å². The van der Waals surface area contributed by atoms with Crippen LogP contribution in [0.2, 0.25) is 0 Å². The number of rotatable bonds is 5. The number of nitrogens with two attached hydrogens (primary N) is 1. The summed E-state index contributed by atoms with van der Waals surface area (Å²) in [6.45, 7) is 5.91. The van der Waals surface area contributed by atoms with Crippen molar-refractivity contribution in [2.75, 3.05) is 48.8 Å². The summed E-state index contributed by atoms with van der Waals surface area (Å²) in [4.78, 5) is 29.6. The number of anilines is 3. The molecule has 186 valence electrons. The van der Waals surface area contributed by atoms with Crippen molar-refractivity contribution in [2.45, 2.75) is 13.1 Å². The molecular formula is C28H29N9. The molecule has 0 spiro atoms. The Morgan fingerprint density at radius 2 is 1.57 bits per heavy atom. The van der Waals surface area contributed by atoms with Gasteiger partial charge in [0.1, 0.15) is 11.5 Å². The molecule has 2 N–H and O–H groups in total. The molecule has 0 bridgehead atoms. The zero-order valence-corrected chi connectivity index (χ0v) is 20.8. The van der Waals surface area contributed by atoms with Gasteiger partial charge in [0.05, 0.1) is 5.69 Å². The fourth-order valence-corrected chi connectivity index (χ4v) is 4.75. The lowest BCUT2D eigenvalue weighted by Crippen LogP contribution is -2.44. The van der Waals surface area contributed by atoms with E-state index in [1.807, 2.05) is 36.4 Å². The maximum atomic E-state index is 5.78. The molecule has 9 nitrogen and oxygen atoms in total. The van der Waals surface area contributed by atoms with E-state index in [0.717, 1.165) is 50.5 Å². The number of piperazine rings is 1. The minimum atomic E-state index is 0.485. The van der Waals surface area contributed by atoms with Crippen molar-refractivity contribution in [3.05, 3.63) is 83.4 Å². The van der Waals surface area contributed by atoms with Gasteiger partial charge in [-0.25, -0.2) is 24.9 Å². The Morgan fingerprint density at radius 3 is 2.43 bits per heavy atom. The predicted molar refractivity (Wildman–Crippen MR) is 147 cm³/mol. The van der Waals surface area contributed by atoms with Crippen LogP contribution >= 0.6 is 0 Å². The first kappa shape index (κ1) is 23.1. The molecule has 1 aromatic carbocycles. The van der Waals surface area contributed by atoms with Gasteiger partial charge in [-0.15, -0.1) is 0 Å². The third-order valence-electron chi connectivity index (χ3n) is 6.86. The predicted octanol–water partition coefficient (Wildman–Crippen LogP) is 3.35. The van der Waals surface area contributed by atoms with Gasteiger partial charge in [-0.3, -0.25) is 0 Å². The summed E-state index contributed by atoms with van der Waals surface area (Å²) in [5.74, 6) is 1.74. The van der Waals surface area contributed by atoms with E-state index < -0.39 is 0 Å². The van der Waals surface area contributed by atoms with Crippen LogP contribution in [0.25, 0.3) is 23.7 Å². The van der Waals surface area contributed by atoms with E-state index in [0.29, 0.717) is 23.3 Å². The monoisotopic (exact) mass is 491 g/mol. The van der Waals surface area contributed by atoms with Gasteiger partial charge in [0, 0.05) is 63.5 Å². The summed E-state index contributed by atoms with van der Waals surface area (Å²) in [6.07, 6.45) is 9.09. The largest absolute Gasteiger partial charge is 0.384 e. The molecule has 1 saturated heterocycles. The Morgan fingerprint density at radius 1 is 0.757 bits per heavy atom. The molecule has 2 aliphatic heterocycles. The SMILES string of the molecule is CN1CCN(c2ccc3c(c2)CN(c2nccc(-c4nccc(/C=C/c5ccnc(N)c5)n4)n2)C3)CC1. The summed E-state index contributed by atoms with van der Waals surface area (Å²) in [5, 5.41) is 0. The normalized spacial score (nSPS) is 15.9. The number of aromatic nitrogens is 5. The van der Waals surface area contributed by atoms with Crippen molar-refractivity contribution in [3.63, 3.8) is 0 Å². The van der Waals surface area contributed by atoms with Crippen LogP contribution in [0, 0.1) is 0 Å². The quantitative estimate of drug-likeness (QED) is 0.450. The van der Waals surface area contributed by atoms with Crippen LogP contribution in [0.4, 0.5) is 17.5 Å². The topological polar surface area (TPSA) is 100 Å². The Hall–Kier alpha value is -4.37. The molecule has 4 aromatic rings. The number of nitrogens with zero attached hydrogens (tertiary/aromatic N) is 8. The Balaban J connectivity index is 1.18. The van der Waals surface area contributed by atoms with Gasteiger partial charge in [0.15, 0.2) is 5.82 Å². The third-order valence-corrected chi connectivity index (χ3v) is 6.86. The molecule has 0 atom stereocenters. The number of nitrogen functional groups attached to an aromatic ring is 1. The molecule has 3 aromatic heterocycles. The van der Waals surface area contributed by atoms with E-state index in [9.17, 15) is 0 Å². The van der Waals surface area contributed by atoms with Gasteiger partial charge >= 0.3 is 0 Å². The highest BCUT2D eigenvalue weighted by Gasteiger charge is 2.23. The maximum absolute atomic E-state index is 5.78. The molecule has 0 radical (unpaired) electrons. The fraction of sp³-hybridized carbons (Fsp3) is 0.250. The molecule has 5 heterocycles. The van der Waals surface area contributed by atoms with Gasteiger partial charge in [-0.2, -0.15) is 0 Å². The van der Waals surface area contributed by atoms with Crippen molar-refractivity contribution in [2.24, 2.45) is 0 Å². The van der Waals surface area contributed by atoms with E-state index in [1.54, 1.807) is 18.6 Å². The molecule has 0 unspecified atom stereocenters. The summed E-state index contributed by atoms with van der Waals surface area (Å²) in [6, 6.07) is 14.3. The Bertz CT molecular complexity index is 1440. The number of hydrogen-bond acceptors (Lipinski definition) is 9. The van der Waals surface area contributed by atoms with E-state index in [1.165, 1.54) is 16.8 Å². The van der Waals surface area contributed by atoms with Crippen LogP contribution in [0.3, 0.4) is 0 Å². The number of hydrogen-bond donors (Lipinski definition) is 1. The molecule has 2 aliphatic rings. The lowest BCUT2D eigenvalue weighted by molar-refractivity contribution is 0.313. The highest BCUT2D eigenvalue weighted by atomic mass is 15.3. The van der Waals surface area contributed by atoms with Crippen LogP contribution in [0.1, 0.15) is 22.4 Å². The zero-order chi connectivity index (χ0) is 25.2. The Labute approximate surface area is 216 Å². The van der Waals surface area contributed by atoms with Crippen LogP contribution < -0.4 is 15.5 Å².